The van der Waals surface area contributed by atoms with Crippen LogP contribution in [0, 0.1) is 5.41 Å². The number of carboxylic acids is 1. The summed E-state index contributed by atoms with van der Waals surface area (Å²) in [6.07, 6.45) is 0.348. The minimum absolute atomic E-state index is 0.0404. The molecule has 0 bridgehead atoms. The Hall–Kier alpha value is -0.660. The maximum Gasteiger partial charge on any atom is 0.310 e. The van der Waals surface area contributed by atoms with Crippen molar-refractivity contribution < 1.29 is 23.1 Å². The number of hydrogen-bond donors (Lipinski definition) is 1. The Morgan fingerprint density at radius 1 is 1.59 bits per heavy atom. The fourth-order valence-corrected chi connectivity index (χ4v) is 3.51. The van der Waals surface area contributed by atoms with Crippen molar-refractivity contribution in [2.45, 2.75) is 25.5 Å². The highest BCUT2D eigenvalue weighted by atomic mass is 32.2. The lowest BCUT2D eigenvalue weighted by molar-refractivity contribution is -0.146. The van der Waals surface area contributed by atoms with E-state index >= 15 is 0 Å². The van der Waals surface area contributed by atoms with Crippen molar-refractivity contribution >= 4 is 16.0 Å². The standard InChI is InChI=1S/C10H19NO5S/c1-8(6-16-3)17(14,15)11-5-4-10(2,7-11)9(12)13/h8H,4-7H2,1-3H3,(H,12,13). The molecule has 1 aliphatic heterocycles. The van der Waals surface area contributed by atoms with Crippen molar-refractivity contribution in [1.82, 2.24) is 4.31 Å². The molecule has 1 heterocycles. The first kappa shape index (κ1) is 14.4. The Labute approximate surface area is 102 Å². The number of carbonyl (C=O) groups is 1. The van der Waals surface area contributed by atoms with Crippen molar-refractivity contribution in [3.05, 3.63) is 0 Å². The fourth-order valence-electron chi connectivity index (χ4n) is 1.89. The van der Waals surface area contributed by atoms with Gasteiger partial charge in [-0.3, -0.25) is 4.79 Å². The van der Waals surface area contributed by atoms with Gasteiger partial charge in [-0.15, -0.1) is 0 Å². The highest BCUT2D eigenvalue weighted by Crippen LogP contribution is 2.32. The van der Waals surface area contributed by atoms with Crippen molar-refractivity contribution in [2.75, 3.05) is 26.8 Å². The quantitative estimate of drug-likeness (QED) is 0.765. The van der Waals surface area contributed by atoms with Crippen LogP contribution in [0.4, 0.5) is 0 Å². The number of rotatable bonds is 5. The average molecular weight is 265 g/mol. The Kier molecular flexibility index (Phi) is 4.16. The minimum Gasteiger partial charge on any atom is -0.481 e. The van der Waals surface area contributed by atoms with E-state index in [2.05, 4.69) is 0 Å². The SMILES string of the molecule is COCC(C)S(=O)(=O)N1CCC(C)(C(=O)O)C1. The largest absolute Gasteiger partial charge is 0.481 e. The van der Waals surface area contributed by atoms with Gasteiger partial charge >= 0.3 is 5.97 Å². The molecule has 100 valence electrons. The molecule has 6 nitrogen and oxygen atoms in total. The van der Waals surface area contributed by atoms with Gasteiger partial charge in [0.1, 0.15) is 0 Å². The maximum atomic E-state index is 12.1. The summed E-state index contributed by atoms with van der Waals surface area (Å²) in [6.45, 7) is 3.56. The monoisotopic (exact) mass is 265 g/mol. The second-order valence-electron chi connectivity index (χ2n) is 4.76. The van der Waals surface area contributed by atoms with Gasteiger partial charge in [0, 0.05) is 20.2 Å². The van der Waals surface area contributed by atoms with E-state index in [0.29, 0.717) is 6.42 Å². The lowest BCUT2D eigenvalue weighted by Gasteiger charge is -2.23. The molecule has 0 aromatic rings. The van der Waals surface area contributed by atoms with Crippen LogP contribution >= 0.6 is 0 Å². The second kappa shape index (κ2) is 4.91. The molecule has 2 atom stereocenters. The van der Waals surface area contributed by atoms with Crippen molar-refractivity contribution in [2.24, 2.45) is 5.41 Å². The number of methoxy groups -OCH3 is 1. The topological polar surface area (TPSA) is 83.9 Å². The van der Waals surface area contributed by atoms with Crippen molar-refractivity contribution in [3.63, 3.8) is 0 Å². The number of carboxylic acid groups (broad SMARTS) is 1. The molecule has 1 saturated heterocycles. The van der Waals surface area contributed by atoms with Gasteiger partial charge in [-0.05, 0) is 20.3 Å². The zero-order valence-electron chi connectivity index (χ0n) is 10.3. The van der Waals surface area contributed by atoms with E-state index in [9.17, 15) is 13.2 Å². The molecule has 1 rings (SSSR count). The van der Waals surface area contributed by atoms with Crippen LogP contribution in [0.1, 0.15) is 20.3 Å². The van der Waals surface area contributed by atoms with E-state index in [0.717, 1.165) is 0 Å². The first-order valence-electron chi connectivity index (χ1n) is 5.45. The molecule has 0 aliphatic carbocycles. The second-order valence-corrected chi connectivity index (χ2v) is 7.11. The molecule has 17 heavy (non-hydrogen) atoms. The summed E-state index contributed by atoms with van der Waals surface area (Å²) in [7, 11) is -2.02. The Bertz CT molecular complexity index is 394. The Morgan fingerprint density at radius 3 is 2.59 bits per heavy atom. The number of ether oxygens (including phenoxy) is 1. The van der Waals surface area contributed by atoms with Crippen molar-refractivity contribution in [1.29, 1.82) is 0 Å². The highest BCUT2D eigenvalue weighted by Gasteiger charge is 2.45. The predicted octanol–water partition coefficient (Wildman–Crippen LogP) is 0.148. The van der Waals surface area contributed by atoms with Gasteiger partial charge in [-0.2, -0.15) is 0 Å². The third-order valence-electron chi connectivity index (χ3n) is 3.22. The van der Waals surface area contributed by atoms with Crippen LogP contribution in [-0.2, 0) is 19.6 Å². The third kappa shape index (κ3) is 2.78. The average Bonchev–Trinajstić information content (AvgIpc) is 2.63. The van der Waals surface area contributed by atoms with E-state index in [1.54, 1.807) is 13.8 Å². The summed E-state index contributed by atoms with van der Waals surface area (Å²) >= 11 is 0. The summed E-state index contributed by atoms with van der Waals surface area (Å²) in [5.41, 5.74) is -0.972. The number of hydrogen-bond acceptors (Lipinski definition) is 4. The van der Waals surface area contributed by atoms with E-state index in [1.807, 2.05) is 0 Å². The summed E-state index contributed by atoms with van der Waals surface area (Å²) < 4.78 is 30.3. The molecule has 7 heteroatoms. The van der Waals surface area contributed by atoms with E-state index in [-0.39, 0.29) is 19.7 Å². The van der Waals surface area contributed by atoms with Crippen LogP contribution in [0.15, 0.2) is 0 Å². The van der Waals surface area contributed by atoms with Crippen LogP contribution in [0.25, 0.3) is 0 Å². The molecule has 2 unspecified atom stereocenters. The van der Waals surface area contributed by atoms with E-state index in [1.165, 1.54) is 11.4 Å². The molecular formula is C10H19NO5S. The van der Waals surface area contributed by atoms with E-state index in [4.69, 9.17) is 9.84 Å². The minimum atomic E-state index is -3.46. The van der Waals surface area contributed by atoms with Gasteiger partial charge in [-0.25, -0.2) is 12.7 Å². The summed E-state index contributed by atoms with van der Waals surface area (Å²) in [6, 6.07) is 0. The van der Waals surface area contributed by atoms with Crippen LogP contribution in [-0.4, -0.2) is 55.9 Å². The lowest BCUT2D eigenvalue weighted by Crippen LogP contribution is -2.40. The molecule has 0 radical (unpaired) electrons. The Balaban J connectivity index is 2.81. The smallest absolute Gasteiger partial charge is 0.310 e. The number of nitrogens with zero attached hydrogens (tertiary/aromatic N) is 1. The predicted molar refractivity (Wildman–Crippen MR) is 62.2 cm³/mol. The van der Waals surface area contributed by atoms with Crippen molar-refractivity contribution in [3.8, 4) is 0 Å². The van der Waals surface area contributed by atoms with Crippen LogP contribution in [0.3, 0.4) is 0 Å². The highest BCUT2D eigenvalue weighted by molar-refractivity contribution is 7.89. The number of sulfonamides is 1. The van der Waals surface area contributed by atoms with Gasteiger partial charge in [0.15, 0.2) is 0 Å². The Morgan fingerprint density at radius 2 is 2.18 bits per heavy atom. The fraction of sp³-hybridized carbons (Fsp3) is 0.900. The maximum absolute atomic E-state index is 12.1. The summed E-state index contributed by atoms with van der Waals surface area (Å²) in [4.78, 5) is 11.0. The first-order valence-corrected chi connectivity index (χ1v) is 6.95. The summed E-state index contributed by atoms with van der Waals surface area (Å²) in [5, 5.41) is 8.40. The van der Waals surface area contributed by atoms with Crippen LogP contribution in [0.2, 0.25) is 0 Å². The zero-order chi connectivity index (χ0) is 13.3. The van der Waals surface area contributed by atoms with Gasteiger partial charge in [-0.1, -0.05) is 0 Å². The molecule has 0 saturated carbocycles. The lowest BCUT2D eigenvalue weighted by atomic mass is 9.90. The normalized spacial score (nSPS) is 28.2. The zero-order valence-corrected chi connectivity index (χ0v) is 11.2. The molecule has 1 N–H and O–H groups in total. The third-order valence-corrected chi connectivity index (χ3v) is 5.41. The molecule has 1 aliphatic rings. The number of aliphatic carboxylic acids is 1. The van der Waals surface area contributed by atoms with Gasteiger partial charge < -0.3 is 9.84 Å². The van der Waals surface area contributed by atoms with Crippen LogP contribution in [0.5, 0.6) is 0 Å². The van der Waals surface area contributed by atoms with Gasteiger partial charge in [0.2, 0.25) is 10.0 Å². The molecule has 0 amide bonds. The molecule has 1 fully saturated rings. The van der Waals surface area contributed by atoms with Gasteiger partial charge in [0.25, 0.3) is 0 Å². The molecule has 0 spiro atoms. The summed E-state index contributed by atoms with van der Waals surface area (Å²) in [5.74, 6) is -0.949. The molecule has 0 aromatic carbocycles. The molecular weight excluding hydrogens is 246 g/mol. The molecule has 0 aromatic heterocycles. The van der Waals surface area contributed by atoms with E-state index < -0.39 is 26.7 Å². The van der Waals surface area contributed by atoms with Gasteiger partial charge in [0.05, 0.1) is 17.3 Å². The first-order chi connectivity index (χ1) is 7.74. The van der Waals surface area contributed by atoms with Crippen LogP contribution < -0.4 is 0 Å².